The maximum Gasteiger partial charge on any atom is 0.225 e. The summed E-state index contributed by atoms with van der Waals surface area (Å²) in [7, 11) is 0. The van der Waals surface area contributed by atoms with Crippen LogP contribution in [-0.4, -0.2) is 51.2 Å². The molecule has 6 heteroatoms. The van der Waals surface area contributed by atoms with Gasteiger partial charge in [0.25, 0.3) is 0 Å². The van der Waals surface area contributed by atoms with E-state index in [4.69, 9.17) is 0 Å². The van der Waals surface area contributed by atoms with Crippen LogP contribution in [0, 0.1) is 0 Å². The van der Waals surface area contributed by atoms with E-state index < -0.39 is 0 Å². The number of aromatic nitrogens is 4. The molecule has 3 heterocycles. The Morgan fingerprint density at radius 1 is 0.857 bits per heavy atom. The predicted molar refractivity (Wildman–Crippen MR) is 111 cm³/mol. The van der Waals surface area contributed by atoms with Crippen LogP contribution in [0.3, 0.4) is 0 Å². The highest BCUT2D eigenvalue weighted by Gasteiger charge is 2.20. The molecule has 1 aliphatic rings. The van der Waals surface area contributed by atoms with Gasteiger partial charge in [-0.05, 0) is 16.8 Å². The van der Waals surface area contributed by atoms with Crippen molar-refractivity contribution in [3.8, 4) is 11.3 Å². The standard InChI is InChI=1S/C22H22N6/c1-2-7-19-17(5-1)6-3-8-20(19)21-18(15-25-26-21)16-27-11-13-28(14-12-27)22-23-9-4-10-24-22/h1-10,15H,11-14,16H2,(H,25,26). The Morgan fingerprint density at radius 3 is 2.50 bits per heavy atom. The quantitative estimate of drug-likeness (QED) is 0.597. The van der Waals surface area contributed by atoms with E-state index in [0.29, 0.717) is 0 Å². The zero-order valence-corrected chi connectivity index (χ0v) is 15.6. The normalized spacial score (nSPS) is 15.2. The van der Waals surface area contributed by atoms with Crippen molar-refractivity contribution in [3.05, 3.63) is 72.7 Å². The van der Waals surface area contributed by atoms with Gasteiger partial charge in [-0.25, -0.2) is 9.97 Å². The van der Waals surface area contributed by atoms with Gasteiger partial charge in [0, 0.05) is 56.2 Å². The first-order valence-electron chi connectivity index (χ1n) is 9.63. The largest absolute Gasteiger partial charge is 0.338 e. The van der Waals surface area contributed by atoms with Crippen LogP contribution in [-0.2, 0) is 6.54 Å². The summed E-state index contributed by atoms with van der Waals surface area (Å²) >= 11 is 0. The van der Waals surface area contributed by atoms with Crippen molar-refractivity contribution in [3.63, 3.8) is 0 Å². The van der Waals surface area contributed by atoms with Crippen molar-refractivity contribution in [1.82, 2.24) is 25.1 Å². The van der Waals surface area contributed by atoms with Gasteiger partial charge in [-0.3, -0.25) is 10.00 Å². The first-order chi connectivity index (χ1) is 13.9. The fourth-order valence-electron chi connectivity index (χ4n) is 3.91. The van der Waals surface area contributed by atoms with E-state index in [1.807, 2.05) is 12.3 Å². The van der Waals surface area contributed by atoms with Gasteiger partial charge in [0.1, 0.15) is 0 Å². The maximum atomic E-state index is 4.37. The van der Waals surface area contributed by atoms with E-state index in [0.717, 1.165) is 44.4 Å². The van der Waals surface area contributed by atoms with Crippen molar-refractivity contribution < 1.29 is 0 Å². The number of anilines is 1. The van der Waals surface area contributed by atoms with Crippen LogP contribution in [0.1, 0.15) is 5.56 Å². The molecule has 4 aromatic rings. The number of rotatable bonds is 4. The van der Waals surface area contributed by atoms with E-state index in [9.17, 15) is 0 Å². The number of nitrogens with zero attached hydrogens (tertiary/aromatic N) is 5. The van der Waals surface area contributed by atoms with Gasteiger partial charge in [-0.2, -0.15) is 5.10 Å². The molecule has 0 unspecified atom stereocenters. The lowest BCUT2D eigenvalue weighted by molar-refractivity contribution is 0.249. The second kappa shape index (κ2) is 7.40. The Bertz CT molecular complexity index is 1060. The van der Waals surface area contributed by atoms with Crippen molar-refractivity contribution >= 4 is 16.7 Å². The fourth-order valence-corrected chi connectivity index (χ4v) is 3.91. The molecule has 0 saturated carbocycles. The van der Waals surface area contributed by atoms with E-state index in [1.54, 1.807) is 12.4 Å². The van der Waals surface area contributed by atoms with Crippen molar-refractivity contribution in [2.45, 2.75) is 6.54 Å². The Labute approximate surface area is 163 Å². The van der Waals surface area contributed by atoms with Gasteiger partial charge in [-0.1, -0.05) is 42.5 Å². The van der Waals surface area contributed by atoms with Crippen molar-refractivity contribution in [2.24, 2.45) is 0 Å². The number of H-pyrrole nitrogens is 1. The summed E-state index contributed by atoms with van der Waals surface area (Å²) in [5.74, 6) is 0.821. The molecule has 5 rings (SSSR count). The molecule has 0 amide bonds. The van der Waals surface area contributed by atoms with Crippen LogP contribution in [0.15, 0.2) is 67.1 Å². The van der Waals surface area contributed by atoms with Gasteiger partial charge in [-0.15, -0.1) is 0 Å². The van der Waals surface area contributed by atoms with E-state index in [2.05, 4.69) is 72.4 Å². The topological polar surface area (TPSA) is 60.9 Å². The molecule has 2 aromatic heterocycles. The van der Waals surface area contributed by atoms with Gasteiger partial charge in [0.2, 0.25) is 5.95 Å². The van der Waals surface area contributed by atoms with Gasteiger partial charge in [0.15, 0.2) is 0 Å². The van der Waals surface area contributed by atoms with Crippen LogP contribution in [0.2, 0.25) is 0 Å². The third-order valence-electron chi connectivity index (χ3n) is 5.38. The summed E-state index contributed by atoms with van der Waals surface area (Å²) in [6.45, 7) is 4.73. The van der Waals surface area contributed by atoms with E-state index in [-0.39, 0.29) is 0 Å². The molecule has 140 valence electrons. The lowest BCUT2D eigenvalue weighted by Crippen LogP contribution is -2.46. The minimum atomic E-state index is 0.821. The summed E-state index contributed by atoms with van der Waals surface area (Å²) < 4.78 is 0. The highest BCUT2D eigenvalue weighted by atomic mass is 15.3. The number of piperazine rings is 1. The Morgan fingerprint density at radius 2 is 1.64 bits per heavy atom. The molecule has 1 saturated heterocycles. The predicted octanol–water partition coefficient (Wildman–Crippen LogP) is 3.34. The molecule has 0 aliphatic carbocycles. The zero-order valence-electron chi connectivity index (χ0n) is 15.6. The second-order valence-electron chi connectivity index (χ2n) is 7.11. The van der Waals surface area contributed by atoms with Gasteiger partial charge < -0.3 is 4.90 Å². The van der Waals surface area contributed by atoms with E-state index in [1.165, 1.54) is 21.9 Å². The van der Waals surface area contributed by atoms with Gasteiger partial charge >= 0.3 is 0 Å². The summed E-state index contributed by atoms with van der Waals surface area (Å²) in [6.07, 6.45) is 5.57. The number of aromatic amines is 1. The average Bonchev–Trinajstić information content (AvgIpc) is 3.22. The molecule has 0 radical (unpaired) electrons. The lowest BCUT2D eigenvalue weighted by Gasteiger charge is -2.34. The van der Waals surface area contributed by atoms with Crippen LogP contribution < -0.4 is 4.90 Å². The number of hydrogen-bond acceptors (Lipinski definition) is 5. The van der Waals surface area contributed by atoms with E-state index >= 15 is 0 Å². The maximum absolute atomic E-state index is 4.37. The summed E-state index contributed by atoms with van der Waals surface area (Å²) in [5, 5.41) is 10.1. The molecular formula is C22H22N6. The monoisotopic (exact) mass is 370 g/mol. The molecule has 0 atom stereocenters. The summed E-state index contributed by atoms with van der Waals surface area (Å²) in [5.41, 5.74) is 3.56. The summed E-state index contributed by atoms with van der Waals surface area (Å²) in [6, 6.07) is 16.8. The van der Waals surface area contributed by atoms with Gasteiger partial charge in [0.05, 0.1) is 11.9 Å². The van der Waals surface area contributed by atoms with Crippen LogP contribution in [0.25, 0.3) is 22.0 Å². The molecule has 28 heavy (non-hydrogen) atoms. The molecule has 1 aliphatic heterocycles. The number of nitrogens with one attached hydrogen (secondary N) is 1. The summed E-state index contributed by atoms with van der Waals surface area (Å²) in [4.78, 5) is 13.5. The Kier molecular flexibility index (Phi) is 4.47. The molecular weight excluding hydrogens is 348 g/mol. The second-order valence-corrected chi connectivity index (χ2v) is 7.11. The number of hydrogen-bond donors (Lipinski definition) is 1. The lowest BCUT2D eigenvalue weighted by atomic mass is 10.00. The minimum absolute atomic E-state index is 0.821. The highest BCUT2D eigenvalue weighted by molar-refractivity contribution is 5.96. The highest BCUT2D eigenvalue weighted by Crippen LogP contribution is 2.30. The molecule has 6 nitrogen and oxygen atoms in total. The number of benzene rings is 2. The molecule has 2 aromatic carbocycles. The molecule has 0 bridgehead atoms. The molecule has 1 fully saturated rings. The minimum Gasteiger partial charge on any atom is -0.338 e. The van der Waals surface area contributed by atoms with Crippen LogP contribution >= 0.6 is 0 Å². The first kappa shape index (κ1) is 16.9. The smallest absolute Gasteiger partial charge is 0.225 e. The van der Waals surface area contributed by atoms with Crippen molar-refractivity contribution in [2.75, 3.05) is 31.1 Å². The SMILES string of the molecule is c1cnc(N2CCN(Cc3cn[nH]c3-c3cccc4ccccc34)CC2)nc1. The van der Waals surface area contributed by atoms with Crippen LogP contribution in [0.5, 0.6) is 0 Å². The Hall–Kier alpha value is -3.25. The third-order valence-corrected chi connectivity index (χ3v) is 5.38. The van der Waals surface area contributed by atoms with Crippen LogP contribution in [0.4, 0.5) is 5.95 Å². The number of fused-ring (bicyclic) bond motifs is 1. The fraction of sp³-hybridized carbons (Fsp3) is 0.227. The molecule has 0 spiro atoms. The average molecular weight is 370 g/mol. The molecule has 1 N–H and O–H groups in total. The first-order valence-corrected chi connectivity index (χ1v) is 9.63. The zero-order chi connectivity index (χ0) is 18.8. The van der Waals surface area contributed by atoms with Crippen molar-refractivity contribution in [1.29, 1.82) is 0 Å². The third kappa shape index (κ3) is 3.23. The Balaban J connectivity index is 1.34.